The fraction of sp³-hybridized carbons (Fsp3) is 0.105. The molecule has 8 nitrogen and oxygen atoms in total. The maximum Gasteiger partial charge on any atom is 0.285 e. The Bertz CT molecular complexity index is 1030. The summed E-state index contributed by atoms with van der Waals surface area (Å²) in [5, 5.41) is 11.8. The molecule has 2 aromatic rings. The largest absolute Gasteiger partial charge is 0.378 e. The van der Waals surface area contributed by atoms with Gasteiger partial charge in [0.15, 0.2) is 4.32 Å². The first-order chi connectivity index (χ1) is 13.8. The molecule has 1 aliphatic heterocycles. The van der Waals surface area contributed by atoms with Crippen LogP contribution in [0.3, 0.4) is 0 Å². The van der Waals surface area contributed by atoms with E-state index in [1.807, 2.05) is 43.3 Å². The summed E-state index contributed by atoms with van der Waals surface area (Å²) in [6.07, 6.45) is 1.69. The molecule has 0 aromatic heterocycles. The lowest BCUT2D eigenvalue weighted by molar-refractivity contribution is -0.384. The number of nitro groups is 1. The number of carbonyl (C=O) groups excluding carboxylic acids is 2. The van der Waals surface area contributed by atoms with Gasteiger partial charge >= 0.3 is 0 Å². The Morgan fingerprint density at radius 2 is 1.93 bits per heavy atom. The van der Waals surface area contributed by atoms with Crippen LogP contribution in [0.25, 0.3) is 6.08 Å². The number of hydrazine groups is 1. The summed E-state index contributed by atoms with van der Waals surface area (Å²) in [7, 11) is 3.87. The standard InChI is InChI=1S/C19H16N4O4S2/c1-21(2)14-8-6-12(7-9-14)10-16-18(25)22(19(28)29-16)20-17(24)13-4-3-5-15(11-13)23(26)27/h3-11H,1-2H3,(H,20,24)/b16-10-. The minimum Gasteiger partial charge on any atom is -0.378 e. The third-order valence-corrected chi connectivity index (χ3v) is 5.34. The van der Waals surface area contributed by atoms with Crippen molar-refractivity contribution < 1.29 is 14.5 Å². The number of hydrogen-bond donors (Lipinski definition) is 1. The molecule has 1 N–H and O–H groups in total. The summed E-state index contributed by atoms with van der Waals surface area (Å²) < 4.78 is 0.171. The van der Waals surface area contributed by atoms with E-state index in [4.69, 9.17) is 12.2 Å². The van der Waals surface area contributed by atoms with Crippen LogP contribution in [0.2, 0.25) is 0 Å². The van der Waals surface area contributed by atoms with E-state index in [1.54, 1.807) is 6.08 Å². The molecule has 0 saturated carbocycles. The number of nitrogens with zero attached hydrogens (tertiary/aromatic N) is 3. The quantitative estimate of drug-likeness (QED) is 0.338. The lowest BCUT2D eigenvalue weighted by Gasteiger charge is -2.15. The van der Waals surface area contributed by atoms with Crippen LogP contribution in [0.1, 0.15) is 15.9 Å². The predicted octanol–water partition coefficient (Wildman–Crippen LogP) is 3.21. The summed E-state index contributed by atoms with van der Waals surface area (Å²) in [6, 6.07) is 12.8. The lowest BCUT2D eigenvalue weighted by Crippen LogP contribution is -2.44. The van der Waals surface area contributed by atoms with Crippen molar-refractivity contribution in [2.24, 2.45) is 0 Å². The van der Waals surface area contributed by atoms with Crippen LogP contribution in [0.4, 0.5) is 11.4 Å². The van der Waals surface area contributed by atoms with Crippen LogP contribution in [0.15, 0.2) is 53.4 Å². The van der Waals surface area contributed by atoms with Gasteiger partial charge in [-0.15, -0.1) is 0 Å². The number of benzene rings is 2. The molecule has 29 heavy (non-hydrogen) atoms. The average Bonchev–Trinajstić information content (AvgIpc) is 2.95. The molecule has 0 radical (unpaired) electrons. The Hall–Kier alpha value is -3.24. The van der Waals surface area contributed by atoms with Gasteiger partial charge in [0, 0.05) is 37.5 Å². The zero-order valence-corrected chi connectivity index (χ0v) is 17.1. The van der Waals surface area contributed by atoms with Crippen LogP contribution in [-0.2, 0) is 4.79 Å². The number of nitro benzene ring substituents is 1. The predicted molar refractivity (Wildman–Crippen MR) is 116 cm³/mol. The van der Waals surface area contributed by atoms with Crippen molar-refractivity contribution >= 4 is 57.6 Å². The maximum atomic E-state index is 12.7. The Balaban J connectivity index is 1.75. The fourth-order valence-corrected chi connectivity index (χ4v) is 3.69. The third kappa shape index (κ3) is 4.61. The van der Waals surface area contributed by atoms with Gasteiger partial charge in [0.25, 0.3) is 17.5 Å². The smallest absolute Gasteiger partial charge is 0.285 e. The van der Waals surface area contributed by atoms with E-state index in [2.05, 4.69) is 5.43 Å². The summed E-state index contributed by atoms with van der Waals surface area (Å²) >= 11 is 6.27. The number of anilines is 1. The summed E-state index contributed by atoms with van der Waals surface area (Å²) in [4.78, 5) is 37.7. The molecule has 3 rings (SSSR count). The number of carbonyl (C=O) groups is 2. The van der Waals surface area contributed by atoms with Crippen LogP contribution < -0.4 is 10.3 Å². The van der Waals surface area contributed by atoms with Crippen LogP contribution >= 0.6 is 24.0 Å². The van der Waals surface area contributed by atoms with E-state index >= 15 is 0 Å². The van der Waals surface area contributed by atoms with E-state index in [0.717, 1.165) is 34.1 Å². The first-order valence-electron chi connectivity index (χ1n) is 8.37. The van der Waals surface area contributed by atoms with Crippen LogP contribution in [0.5, 0.6) is 0 Å². The van der Waals surface area contributed by atoms with Gasteiger partial charge in [0.05, 0.1) is 9.83 Å². The second kappa shape index (κ2) is 8.41. The van der Waals surface area contributed by atoms with Crippen LogP contribution in [0, 0.1) is 10.1 Å². The van der Waals surface area contributed by atoms with E-state index in [9.17, 15) is 19.7 Å². The zero-order valence-electron chi connectivity index (χ0n) is 15.5. The molecular formula is C19H16N4O4S2. The second-order valence-electron chi connectivity index (χ2n) is 6.25. The fourth-order valence-electron chi connectivity index (χ4n) is 2.51. The van der Waals surface area contributed by atoms with E-state index in [0.29, 0.717) is 4.91 Å². The summed E-state index contributed by atoms with van der Waals surface area (Å²) in [5.74, 6) is -1.13. The molecule has 1 saturated heterocycles. The van der Waals surface area contributed by atoms with Crippen molar-refractivity contribution in [1.82, 2.24) is 10.4 Å². The number of thioether (sulfide) groups is 1. The van der Waals surface area contributed by atoms with Crippen molar-refractivity contribution in [3.05, 3.63) is 74.7 Å². The molecule has 10 heteroatoms. The molecule has 1 fully saturated rings. The number of hydrogen-bond acceptors (Lipinski definition) is 7. The van der Waals surface area contributed by atoms with Gasteiger partial charge in [-0.05, 0) is 42.1 Å². The van der Waals surface area contributed by atoms with E-state index in [1.165, 1.54) is 18.2 Å². The summed E-state index contributed by atoms with van der Waals surface area (Å²) in [6.45, 7) is 0. The van der Waals surface area contributed by atoms with Crippen molar-refractivity contribution in [3.8, 4) is 0 Å². The Morgan fingerprint density at radius 1 is 1.24 bits per heavy atom. The number of nitrogens with one attached hydrogen (secondary N) is 1. The molecule has 2 aromatic carbocycles. The molecule has 0 spiro atoms. The highest BCUT2D eigenvalue weighted by Gasteiger charge is 2.34. The molecule has 2 amide bonds. The van der Waals surface area contributed by atoms with Crippen molar-refractivity contribution in [2.75, 3.05) is 19.0 Å². The highest BCUT2D eigenvalue weighted by molar-refractivity contribution is 8.26. The summed E-state index contributed by atoms with van der Waals surface area (Å²) in [5.41, 5.74) is 4.09. The van der Waals surface area contributed by atoms with Gasteiger partial charge in [-0.1, -0.05) is 30.0 Å². The van der Waals surface area contributed by atoms with Crippen molar-refractivity contribution in [2.45, 2.75) is 0 Å². The average molecular weight is 428 g/mol. The van der Waals surface area contributed by atoms with Crippen molar-refractivity contribution in [1.29, 1.82) is 0 Å². The Morgan fingerprint density at radius 3 is 2.55 bits per heavy atom. The van der Waals surface area contributed by atoms with E-state index < -0.39 is 16.7 Å². The van der Waals surface area contributed by atoms with Gasteiger partial charge in [0.1, 0.15) is 0 Å². The SMILES string of the molecule is CN(C)c1ccc(/C=C2\SC(=S)N(NC(=O)c3cccc([N+](=O)[O-])c3)C2=O)cc1. The first-order valence-corrected chi connectivity index (χ1v) is 9.59. The van der Waals surface area contributed by atoms with Gasteiger partial charge in [0.2, 0.25) is 0 Å². The van der Waals surface area contributed by atoms with Gasteiger partial charge in [-0.2, -0.15) is 5.01 Å². The molecule has 0 atom stereocenters. The lowest BCUT2D eigenvalue weighted by atomic mass is 10.2. The zero-order chi connectivity index (χ0) is 21.1. The number of non-ortho nitro benzene ring substituents is 1. The number of rotatable bonds is 5. The number of amides is 2. The number of thiocarbonyl (C=S) groups is 1. The third-order valence-electron chi connectivity index (χ3n) is 4.03. The molecule has 1 heterocycles. The van der Waals surface area contributed by atoms with Crippen LogP contribution in [-0.4, -0.2) is 40.2 Å². The van der Waals surface area contributed by atoms with Gasteiger partial charge < -0.3 is 4.90 Å². The molecule has 148 valence electrons. The topological polar surface area (TPSA) is 95.8 Å². The minimum absolute atomic E-state index is 0.0523. The maximum absolute atomic E-state index is 12.7. The first kappa shape index (κ1) is 20.5. The Labute approximate surface area is 176 Å². The molecule has 0 aliphatic carbocycles. The van der Waals surface area contributed by atoms with Crippen molar-refractivity contribution in [3.63, 3.8) is 0 Å². The minimum atomic E-state index is -0.665. The van der Waals surface area contributed by atoms with E-state index in [-0.39, 0.29) is 15.6 Å². The highest BCUT2D eigenvalue weighted by atomic mass is 32.2. The van der Waals surface area contributed by atoms with Gasteiger partial charge in [-0.3, -0.25) is 25.1 Å². The highest BCUT2D eigenvalue weighted by Crippen LogP contribution is 2.31. The molecule has 0 unspecified atom stereocenters. The second-order valence-corrected chi connectivity index (χ2v) is 7.93. The Kier molecular flexibility index (Phi) is 5.95. The van der Waals surface area contributed by atoms with Gasteiger partial charge in [-0.25, -0.2) is 0 Å². The molecule has 0 bridgehead atoms. The molecular weight excluding hydrogens is 412 g/mol. The molecule has 1 aliphatic rings. The monoisotopic (exact) mass is 428 g/mol. The normalized spacial score (nSPS) is 15.0.